The second kappa shape index (κ2) is 7.23. The lowest BCUT2D eigenvalue weighted by atomic mass is 10.2. The molecule has 6 heteroatoms. The Morgan fingerprint density at radius 2 is 2.00 bits per heavy atom. The quantitative estimate of drug-likeness (QED) is 0.685. The van der Waals surface area contributed by atoms with Gasteiger partial charge in [0, 0.05) is 29.0 Å². The molecule has 0 aliphatic heterocycles. The fourth-order valence-corrected chi connectivity index (χ4v) is 2.42. The Bertz CT molecular complexity index is 853. The third kappa shape index (κ3) is 3.60. The monoisotopic (exact) mass is 382 g/mol. The van der Waals surface area contributed by atoms with Crippen molar-refractivity contribution in [3.8, 4) is 16.9 Å². The largest absolute Gasteiger partial charge is 0.349 e. The Balaban J connectivity index is 1.79. The van der Waals surface area contributed by atoms with Crippen LogP contribution in [0, 0.1) is 0 Å². The maximum absolute atomic E-state index is 11.8. The highest BCUT2D eigenvalue weighted by molar-refractivity contribution is 9.10. The lowest BCUT2D eigenvalue weighted by Crippen LogP contribution is -2.23. The summed E-state index contributed by atoms with van der Waals surface area (Å²) >= 11 is 3.42. The van der Waals surface area contributed by atoms with Crippen LogP contribution < -0.4 is 5.32 Å². The summed E-state index contributed by atoms with van der Waals surface area (Å²) in [4.78, 5) is 16.2. The number of pyridine rings is 1. The fraction of sp³-hybridized carbons (Fsp3) is 0.0556. The fourth-order valence-electron chi connectivity index (χ4n) is 2.16. The minimum Gasteiger partial charge on any atom is -0.349 e. The molecule has 24 heavy (non-hydrogen) atoms. The van der Waals surface area contributed by atoms with Gasteiger partial charge in [-0.3, -0.25) is 9.78 Å². The molecule has 5 nitrogen and oxygen atoms in total. The third-order valence-corrected chi connectivity index (χ3v) is 3.93. The van der Waals surface area contributed by atoms with Crippen LogP contribution in [-0.4, -0.2) is 27.2 Å². The van der Waals surface area contributed by atoms with Crippen molar-refractivity contribution in [1.29, 1.82) is 0 Å². The Kier molecular flexibility index (Phi) is 4.86. The van der Waals surface area contributed by atoms with E-state index in [4.69, 9.17) is 0 Å². The van der Waals surface area contributed by atoms with Crippen molar-refractivity contribution >= 4 is 21.8 Å². The number of carbonyl (C=O) groups is 1. The van der Waals surface area contributed by atoms with E-state index in [0.717, 1.165) is 21.4 Å². The highest BCUT2D eigenvalue weighted by atomic mass is 79.9. The zero-order valence-electron chi connectivity index (χ0n) is 12.8. The minimum atomic E-state index is -0.167. The summed E-state index contributed by atoms with van der Waals surface area (Å²) < 4.78 is 2.80. The van der Waals surface area contributed by atoms with E-state index in [1.807, 2.05) is 36.5 Å². The van der Waals surface area contributed by atoms with Crippen molar-refractivity contribution in [2.24, 2.45) is 0 Å². The molecule has 0 atom stereocenters. The summed E-state index contributed by atoms with van der Waals surface area (Å²) in [5, 5.41) is 7.08. The van der Waals surface area contributed by atoms with Gasteiger partial charge in [-0.15, -0.1) is 6.58 Å². The molecule has 2 heterocycles. The number of nitrogens with zero attached hydrogens (tertiary/aromatic N) is 3. The molecule has 120 valence electrons. The maximum atomic E-state index is 11.8. The number of hydrogen-bond donors (Lipinski definition) is 1. The normalized spacial score (nSPS) is 10.4. The van der Waals surface area contributed by atoms with E-state index in [1.165, 1.54) is 0 Å². The molecule has 0 bridgehead atoms. The second-order valence-corrected chi connectivity index (χ2v) is 6.00. The molecular weight excluding hydrogens is 368 g/mol. The molecule has 1 N–H and O–H groups in total. The van der Waals surface area contributed by atoms with Crippen LogP contribution in [0.4, 0.5) is 0 Å². The van der Waals surface area contributed by atoms with E-state index in [9.17, 15) is 4.79 Å². The van der Waals surface area contributed by atoms with Crippen LogP contribution >= 0.6 is 15.9 Å². The van der Waals surface area contributed by atoms with Crippen molar-refractivity contribution in [2.45, 2.75) is 0 Å². The van der Waals surface area contributed by atoms with Crippen LogP contribution in [-0.2, 0) is 0 Å². The summed E-state index contributed by atoms with van der Waals surface area (Å²) in [6.07, 6.45) is 6.85. The number of carbonyl (C=O) groups excluding carboxylic acids is 1. The molecule has 0 saturated carbocycles. The van der Waals surface area contributed by atoms with Gasteiger partial charge < -0.3 is 5.32 Å². The van der Waals surface area contributed by atoms with Gasteiger partial charge >= 0.3 is 0 Å². The minimum absolute atomic E-state index is 0.167. The lowest BCUT2D eigenvalue weighted by molar-refractivity contribution is 0.0957. The van der Waals surface area contributed by atoms with E-state index >= 15 is 0 Å². The molecule has 0 saturated heterocycles. The smallest absolute Gasteiger partial charge is 0.253 e. The first-order valence-corrected chi connectivity index (χ1v) is 8.13. The number of amides is 1. The van der Waals surface area contributed by atoms with E-state index < -0.39 is 0 Å². The maximum Gasteiger partial charge on any atom is 0.253 e. The van der Waals surface area contributed by atoms with Gasteiger partial charge in [-0.05, 0) is 36.4 Å². The second-order valence-electron chi connectivity index (χ2n) is 5.08. The summed E-state index contributed by atoms with van der Waals surface area (Å²) in [5.41, 5.74) is 3.13. The van der Waals surface area contributed by atoms with Crippen molar-refractivity contribution in [3.05, 3.63) is 77.7 Å². The molecule has 0 aliphatic carbocycles. The Labute approximate surface area is 148 Å². The molecule has 0 spiro atoms. The van der Waals surface area contributed by atoms with Crippen LogP contribution in [0.5, 0.6) is 0 Å². The predicted molar refractivity (Wildman–Crippen MR) is 97.0 cm³/mol. The van der Waals surface area contributed by atoms with E-state index in [1.54, 1.807) is 29.2 Å². The van der Waals surface area contributed by atoms with Crippen LogP contribution in [0.25, 0.3) is 16.9 Å². The van der Waals surface area contributed by atoms with E-state index in [-0.39, 0.29) is 5.91 Å². The first-order valence-electron chi connectivity index (χ1n) is 7.33. The van der Waals surface area contributed by atoms with Crippen molar-refractivity contribution in [3.63, 3.8) is 0 Å². The molecule has 2 aromatic heterocycles. The van der Waals surface area contributed by atoms with Crippen LogP contribution in [0.2, 0.25) is 0 Å². The van der Waals surface area contributed by atoms with Crippen LogP contribution in [0.3, 0.4) is 0 Å². The van der Waals surface area contributed by atoms with Crippen LogP contribution in [0.1, 0.15) is 10.4 Å². The van der Waals surface area contributed by atoms with Gasteiger partial charge in [0.1, 0.15) is 0 Å². The van der Waals surface area contributed by atoms with Gasteiger partial charge in [-0.1, -0.05) is 22.0 Å². The molecule has 3 aromatic rings. The lowest BCUT2D eigenvalue weighted by Gasteiger charge is -2.03. The van der Waals surface area contributed by atoms with E-state index in [2.05, 4.69) is 37.9 Å². The molecule has 1 amide bonds. The topological polar surface area (TPSA) is 59.8 Å². The number of hydrogen-bond acceptors (Lipinski definition) is 3. The summed E-state index contributed by atoms with van der Waals surface area (Å²) in [6.45, 7) is 4.00. The third-order valence-electron chi connectivity index (χ3n) is 3.40. The summed E-state index contributed by atoms with van der Waals surface area (Å²) in [5.74, 6) is -0.167. The molecule has 0 unspecified atom stereocenters. The molecule has 0 aliphatic rings. The van der Waals surface area contributed by atoms with Gasteiger partial charge in [0.15, 0.2) is 0 Å². The Hall–Kier alpha value is -2.73. The molecule has 0 radical (unpaired) electrons. The predicted octanol–water partition coefficient (Wildman–Crippen LogP) is 3.61. The van der Waals surface area contributed by atoms with Gasteiger partial charge in [0.05, 0.1) is 23.1 Å². The number of rotatable bonds is 5. The number of halogens is 1. The van der Waals surface area contributed by atoms with E-state index in [0.29, 0.717) is 12.1 Å². The Morgan fingerprint density at radius 3 is 2.67 bits per heavy atom. The van der Waals surface area contributed by atoms with Gasteiger partial charge in [-0.25, -0.2) is 4.68 Å². The highest BCUT2D eigenvalue weighted by Crippen LogP contribution is 2.19. The number of benzene rings is 1. The number of nitrogens with one attached hydrogen (secondary N) is 1. The van der Waals surface area contributed by atoms with Gasteiger partial charge in [-0.2, -0.15) is 5.10 Å². The number of aromatic nitrogens is 3. The molecule has 1 aromatic carbocycles. The van der Waals surface area contributed by atoms with Crippen molar-refractivity contribution in [2.75, 3.05) is 6.54 Å². The zero-order valence-corrected chi connectivity index (χ0v) is 14.4. The first kappa shape index (κ1) is 16.1. The van der Waals surface area contributed by atoms with Crippen molar-refractivity contribution < 1.29 is 4.79 Å². The highest BCUT2D eigenvalue weighted by Gasteiger charge is 2.08. The SMILES string of the molecule is C=CCNC(=O)c1ccc(-c2cnn(-c3ccc(Br)cc3)c2)nc1. The average molecular weight is 383 g/mol. The molecule has 0 fully saturated rings. The zero-order chi connectivity index (χ0) is 16.9. The standard InChI is InChI=1S/C18H15BrN4O/c1-2-9-20-18(24)13-3-8-17(21-10-13)14-11-22-23(12-14)16-6-4-15(19)5-7-16/h2-8,10-12H,1,9H2,(H,20,24). The van der Waals surface area contributed by atoms with Crippen molar-refractivity contribution in [1.82, 2.24) is 20.1 Å². The summed E-state index contributed by atoms with van der Waals surface area (Å²) in [6, 6.07) is 11.4. The van der Waals surface area contributed by atoms with Gasteiger partial charge in [0.2, 0.25) is 0 Å². The van der Waals surface area contributed by atoms with Gasteiger partial charge in [0.25, 0.3) is 5.91 Å². The first-order chi connectivity index (χ1) is 11.7. The summed E-state index contributed by atoms with van der Waals surface area (Å²) in [7, 11) is 0. The van der Waals surface area contributed by atoms with Crippen LogP contribution in [0.15, 0.2) is 72.1 Å². The average Bonchev–Trinajstić information content (AvgIpc) is 3.10. The molecule has 3 rings (SSSR count). The molecular formula is C18H15BrN4O. The Morgan fingerprint density at radius 1 is 1.21 bits per heavy atom.